The second-order valence-corrected chi connectivity index (χ2v) is 22.0. The number of aliphatic hydroxyl groups is 1. The molecule has 0 aromatic heterocycles. The van der Waals surface area contributed by atoms with E-state index in [4.69, 9.17) is 17.2 Å². The second-order valence-electron chi connectivity index (χ2n) is 22.0. The van der Waals surface area contributed by atoms with Gasteiger partial charge in [0, 0.05) is 19.4 Å². The van der Waals surface area contributed by atoms with Crippen LogP contribution in [0.5, 0.6) is 5.75 Å². The average Bonchev–Trinajstić information content (AvgIpc) is 0.912. The Morgan fingerprint density at radius 2 is 0.915 bits per heavy atom. The minimum Gasteiger partial charge on any atom is -0.508 e. The molecule has 1 saturated heterocycles. The smallest absolute Gasteiger partial charge is 0.305 e. The van der Waals surface area contributed by atoms with Crippen LogP contribution in [0, 0.1) is 11.8 Å². The van der Waals surface area contributed by atoms with Crippen molar-refractivity contribution in [1.82, 2.24) is 63.8 Å². The van der Waals surface area contributed by atoms with Crippen LogP contribution < -0.4 is 81.0 Å². The van der Waals surface area contributed by atoms with E-state index >= 15 is 0 Å². The number of carbonyl (C=O) groups is 17. The normalized spacial score (nSPS) is 24.6. The number of guanidine groups is 1. The number of hydrogen-bond acceptors (Lipinski definition) is 20. The molecule has 1 aromatic carbocycles. The summed E-state index contributed by atoms with van der Waals surface area (Å²) in [6.45, 7) is 4.32. The van der Waals surface area contributed by atoms with Gasteiger partial charge in [0.2, 0.25) is 76.8 Å². The Kier molecular flexibility index (Phi) is 32.8. The number of nitrogens with two attached hydrogens (primary N) is 3. The van der Waals surface area contributed by atoms with Crippen molar-refractivity contribution in [3.63, 3.8) is 0 Å². The van der Waals surface area contributed by atoms with Crippen LogP contribution in [0.4, 0.5) is 0 Å². The number of carbonyl (C=O) groups excluding carboxylic acids is 13. The molecule has 1 aliphatic rings. The van der Waals surface area contributed by atoms with Gasteiger partial charge in [-0.15, -0.1) is 0 Å². The molecule has 2 rings (SSSR count). The molecule has 0 aliphatic carbocycles. The van der Waals surface area contributed by atoms with Crippen molar-refractivity contribution in [2.45, 2.75) is 165 Å². The highest BCUT2D eigenvalue weighted by Crippen LogP contribution is 2.15. The van der Waals surface area contributed by atoms with Crippen molar-refractivity contribution in [1.29, 1.82) is 0 Å². The number of aliphatic hydroxyl groups excluding tert-OH is 1. The van der Waals surface area contributed by atoms with E-state index in [1.54, 1.807) is 6.92 Å². The second kappa shape index (κ2) is 38.8. The van der Waals surface area contributed by atoms with E-state index in [9.17, 15) is 112 Å². The summed E-state index contributed by atoms with van der Waals surface area (Å²) in [6.07, 6.45) is -7.18. The molecule has 0 radical (unpaired) electrons. The zero-order chi connectivity index (χ0) is 71.3. The first kappa shape index (κ1) is 79.3. The number of carboxylic acids is 4. The molecule has 0 unspecified atom stereocenters. The molecular formula is C55H82N16O23. The fourth-order valence-electron chi connectivity index (χ4n) is 8.71. The predicted octanol–water partition coefficient (Wildman–Crippen LogP) is -8.67. The number of aliphatic imine (C=N–C) groups is 1. The average molecular weight is 1340 g/mol. The number of aromatic hydroxyl groups is 1. The Morgan fingerprint density at radius 3 is 1.39 bits per heavy atom. The summed E-state index contributed by atoms with van der Waals surface area (Å²) in [6, 6.07) is -15.9. The number of phenols is 1. The zero-order valence-corrected chi connectivity index (χ0v) is 51.8. The minimum absolute atomic E-state index is 0.131. The molecule has 24 N–H and O–H groups in total. The molecule has 1 fully saturated rings. The molecule has 0 bridgehead atoms. The van der Waals surface area contributed by atoms with E-state index in [1.165, 1.54) is 45.0 Å². The van der Waals surface area contributed by atoms with E-state index in [0.717, 1.165) is 6.92 Å². The Balaban J connectivity index is 2.90. The summed E-state index contributed by atoms with van der Waals surface area (Å²) in [5.74, 6) is -25.9. The highest BCUT2D eigenvalue weighted by atomic mass is 16.4. The van der Waals surface area contributed by atoms with Crippen LogP contribution >= 0.6 is 0 Å². The van der Waals surface area contributed by atoms with Gasteiger partial charge in [-0.2, -0.15) is 0 Å². The van der Waals surface area contributed by atoms with Crippen molar-refractivity contribution in [2.75, 3.05) is 19.7 Å². The van der Waals surface area contributed by atoms with Gasteiger partial charge < -0.3 is 112 Å². The molecule has 0 saturated carbocycles. The monoisotopic (exact) mass is 1330 g/mol. The number of carboxylic acid groups (broad SMARTS) is 4. The van der Waals surface area contributed by atoms with Gasteiger partial charge in [0.05, 0.1) is 38.8 Å². The van der Waals surface area contributed by atoms with Gasteiger partial charge in [-0.05, 0) is 55.7 Å². The van der Waals surface area contributed by atoms with E-state index < -0.39 is 249 Å². The SMILES string of the molecule is CC[C@H](C)[C@@H]1NC(=O)CNC(=O)[C@H](CC(=O)O)NC(=O)[C@H](CC(N)=O)NC(=O)[C@H](C(C)C)NC(=O)[C@H](CO)NC(=O)[C@H](CCC(=O)O)NC(=O)[C@H](C)NC(=O)[C@H](CC(=O)O)NC(=O)[C@H](CC(=O)O)NC(=O)[C@H](CCCN=C(N)N)NC(=O)[C@H](Cc2ccc(O)cc2)NC1=O. The van der Waals surface area contributed by atoms with E-state index in [0.29, 0.717) is 0 Å². The first-order chi connectivity index (χ1) is 44.0. The number of rotatable bonds is 21. The Labute approximate surface area is 535 Å². The highest BCUT2D eigenvalue weighted by molar-refractivity contribution is 6.02. The van der Waals surface area contributed by atoms with Gasteiger partial charge in [-0.25, -0.2) is 0 Å². The van der Waals surface area contributed by atoms with Crippen LogP contribution in [0.25, 0.3) is 0 Å². The van der Waals surface area contributed by atoms with Crippen molar-refractivity contribution in [3.8, 4) is 5.75 Å². The third-order valence-corrected chi connectivity index (χ3v) is 14.0. The molecule has 1 aliphatic heterocycles. The third-order valence-electron chi connectivity index (χ3n) is 14.0. The molecule has 1 aromatic rings. The van der Waals surface area contributed by atoms with Crippen LogP contribution in [0.1, 0.15) is 98.0 Å². The van der Waals surface area contributed by atoms with Gasteiger partial charge in [-0.1, -0.05) is 46.2 Å². The number of nitrogens with zero attached hydrogens (tertiary/aromatic N) is 1. The molecule has 1 heterocycles. The third kappa shape index (κ3) is 28.2. The first-order valence-electron chi connectivity index (χ1n) is 29.2. The van der Waals surface area contributed by atoms with Crippen molar-refractivity contribution in [2.24, 2.45) is 34.0 Å². The summed E-state index contributed by atoms with van der Waals surface area (Å²) in [5, 5.41) is 85.4. The first-order valence-corrected chi connectivity index (χ1v) is 29.2. The Hall–Kier alpha value is -10.8. The summed E-state index contributed by atoms with van der Waals surface area (Å²) in [4.78, 5) is 231. The molecule has 520 valence electrons. The molecule has 39 heteroatoms. The largest absolute Gasteiger partial charge is 0.508 e. The quantitative estimate of drug-likeness (QED) is 0.0309. The summed E-state index contributed by atoms with van der Waals surface area (Å²) in [5.41, 5.74) is 16.6. The fourth-order valence-corrected chi connectivity index (χ4v) is 8.71. The Morgan fingerprint density at radius 1 is 0.500 bits per heavy atom. The summed E-state index contributed by atoms with van der Waals surface area (Å²) in [7, 11) is 0. The lowest BCUT2D eigenvalue weighted by molar-refractivity contribution is -0.143. The van der Waals surface area contributed by atoms with Gasteiger partial charge in [0.1, 0.15) is 72.2 Å². The Bertz CT molecular complexity index is 3000. The number of primary amides is 1. The van der Waals surface area contributed by atoms with Crippen LogP contribution in [0.3, 0.4) is 0 Å². The topological polar surface area (TPSA) is 646 Å². The number of phenolic OH excluding ortho intramolecular Hbond substituents is 1. The van der Waals surface area contributed by atoms with Crippen molar-refractivity contribution < 1.29 is 112 Å². The maximum absolute atomic E-state index is 14.5. The van der Waals surface area contributed by atoms with Crippen LogP contribution in [-0.2, 0) is 87.9 Å². The molecule has 12 atom stereocenters. The highest BCUT2D eigenvalue weighted by Gasteiger charge is 2.39. The van der Waals surface area contributed by atoms with E-state index in [1.807, 2.05) is 5.32 Å². The number of aliphatic carboxylic acids is 4. The molecule has 39 nitrogen and oxygen atoms in total. The maximum Gasteiger partial charge on any atom is 0.305 e. The standard InChI is InChI=1S/C55H82N16O23/c1-6-24(4)43-54(94)67-30(16-26-9-11-27(73)12-10-26)49(89)63-28(8-7-15-59-55(57)58)46(86)65-34(20-41(82)83)51(91)66-33(19-40(80)81)48(88)61-25(5)44(84)62-29(13-14-38(76)77)47(87)69-35(22-72)52(92)71-42(23(2)3)53(93)68-31(17-36(56)74)50(90)64-32(18-39(78)79)45(85)60-21-37(75)70-43/h9-12,23-25,28-35,42-43,72-73H,6-8,13-22H2,1-5H3,(H2,56,74)(H,60,85)(H,61,88)(H,62,84)(H,63,89)(H,64,90)(H,65,86)(H,66,91)(H,67,94)(H,68,93)(H,69,87)(H,70,75)(H,71,92)(H,76,77)(H,78,79)(H,80,81)(H,82,83)(H4,57,58,59)/t24-,25-,28-,29-,30-,31-,32-,33-,34-,35-,42-,43-/m0/s1. The predicted molar refractivity (Wildman–Crippen MR) is 320 cm³/mol. The van der Waals surface area contributed by atoms with Gasteiger partial charge in [0.15, 0.2) is 5.96 Å². The van der Waals surface area contributed by atoms with Gasteiger partial charge in [-0.3, -0.25) is 86.5 Å². The van der Waals surface area contributed by atoms with Gasteiger partial charge in [0.25, 0.3) is 0 Å². The zero-order valence-electron chi connectivity index (χ0n) is 51.8. The van der Waals surface area contributed by atoms with E-state index in [-0.39, 0.29) is 30.7 Å². The number of nitrogens with one attached hydrogen (secondary N) is 12. The van der Waals surface area contributed by atoms with Crippen LogP contribution in [-0.4, -0.2) is 223 Å². The maximum atomic E-state index is 14.5. The summed E-state index contributed by atoms with van der Waals surface area (Å²) >= 11 is 0. The van der Waals surface area contributed by atoms with Gasteiger partial charge >= 0.3 is 23.9 Å². The molecule has 0 spiro atoms. The minimum atomic E-state index is -2.20. The number of amides is 13. The molecule has 94 heavy (non-hydrogen) atoms. The molecular weight excluding hydrogens is 1250 g/mol. The molecule has 13 amide bonds. The lowest BCUT2D eigenvalue weighted by Crippen LogP contribution is -2.62. The summed E-state index contributed by atoms with van der Waals surface area (Å²) < 4.78 is 0. The van der Waals surface area contributed by atoms with Crippen LogP contribution in [0.15, 0.2) is 29.3 Å². The van der Waals surface area contributed by atoms with Crippen molar-refractivity contribution >= 4 is 107 Å². The van der Waals surface area contributed by atoms with E-state index in [2.05, 4.69) is 63.5 Å². The lowest BCUT2D eigenvalue weighted by atomic mass is 9.97. The van der Waals surface area contributed by atoms with Crippen molar-refractivity contribution in [3.05, 3.63) is 29.8 Å². The number of benzene rings is 1. The number of hydrogen-bond donors (Lipinski definition) is 21. The lowest BCUT2D eigenvalue weighted by Gasteiger charge is -2.29. The fraction of sp³-hybridized carbons (Fsp3) is 0.564. The van der Waals surface area contributed by atoms with Crippen LogP contribution in [0.2, 0.25) is 0 Å².